The number of aromatic hydroxyl groups is 1. The standard InChI is InChI=1S/C25H23ClN2O5S/c1-13(2)33-24(31)21-14(3)27-25-28(22(21)15-5-8-18(32-4)9-6-15)23(30)20(34-25)12-16-11-17(26)7-10-19(16)29/h5-13,22,29H,1-4H3/t22-/m1/s1. The number of fused-ring (bicyclic) bond motifs is 1. The maximum absolute atomic E-state index is 13.6. The van der Waals surface area contributed by atoms with Gasteiger partial charge in [0.05, 0.1) is 35.1 Å². The molecule has 1 N–H and O–H groups in total. The Bertz CT molecular complexity index is 1470. The van der Waals surface area contributed by atoms with Gasteiger partial charge in [0.2, 0.25) is 0 Å². The number of thiazole rings is 1. The first kappa shape index (κ1) is 23.8. The van der Waals surface area contributed by atoms with Crippen LogP contribution in [0.2, 0.25) is 5.02 Å². The van der Waals surface area contributed by atoms with Crippen LogP contribution in [0.3, 0.4) is 0 Å². The van der Waals surface area contributed by atoms with Gasteiger partial charge in [0.25, 0.3) is 5.56 Å². The van der Waals surface area contributed by atoms with Crippen molar-refractivity contribution >= 4 is 35.0 Å². The third-order valence-corrected chi connectivity index (χ3v) is 6.51. The molecule has 2 aromatic carbocycles. The van der Waals surface area contributed by atoms with Gasteiger partial charge >= 0.3 is 5.97 Å². The summed E-state index contributed by atoms with van der Waals surface area (Å²) in [6.45, 7) is 5.26. The molecule has 1 aliphatic rings. The van der Waals surface area contributed by atoms with E-state index in [0.717, 1.165) is 0 Å². The Hall–Kier alpha value is -3.36. The maximum Gasteiger partial charge on any atom is 0.338 e. The van der Waals surface area contributed by atoms with Gasteiger partial charge in [-0.05, 0) is 62.7 Å². The van der Waals surface area contributed by atoms with Gasteiger partial charge in [-0.15, -0.1) is 0 Å². The molecule has 34 heavy (non-hydrogen) atoms. The molecule has 0 amide bonds. The Kier molecular flexibility index (Phi) is 6.63. The van der Waals surface area contributed by atoms with Crippen LogP contribution >= 0.6 is 22.9 Å². The highest BCUT2D eigenvalue weighted by molar-refractivity contribution is 7.07. The molecule has 1 aliphatic heterocycles. The topological polar surface area (TPSA) is 90.1 Å². The molecular formula is C25H23ClN2O5S. The van der Waals surface area contributed by atoms with Gasteiger partial charge in [-0.1, -0.05) is 35.1 Å². The van der Waals surface area contributed by atoms with Crippen molar-refractivity contribution in [2.45, 2.75) is 32.9 Å². The lowest BCUT2D eigenvalue weighted by Gasteiger charge is -2.25. The van der Waals surface area contributed by atoms with E-state index in [-0.39, 0.29) is 17.4 Å². The van der Waals surface area contributed by atoms with E-state index in [9.17, 15) is 14.7 Å². The normalized spacial score (nSPS) is 15.8. The minimum Gasteiger partial charge on any atom is -0.507 e. The van der Waals surface area contributed by atoms with E-state index >= 15 is 0 Å². The average molecular weight is 499 g/mol. The van der Waals surface area contributed by atoms with Crippen LogP contribution in [0.1, 0.15) is 37.9 Å². The highest BCUT2D eigenvalue weighted by Crippen LogP contribution is 2.32. The van der Waals surface area contributed by atoms with Gasteiger partial charge < -0.3 is 14.6 Å². The number of phenolic OH excluding ortho intramolecular Hbond substituents is 1. The fourth-order valence-corrected chi connectivity index (χ4v) is 4.96. The molecule has 1 atom stereocenters. The van der Waals surface area contributed by atoms with Gasteiger partial charge in [-0.3, -0.25) is 9.36 Å². The minimum absolute atomic E-state index is 0.000629. The molecule has 3 aromatic rings. The van der Waals surface area contributed by atoms with Gasteiger partial charge in [0.1, 0.15) is 11.5 Å². The number of nitrogens with zero attached hydrogens (tertiary/aromatic N) is 2. The van der Waals surface area contributed by atoms with Crippen LogP contribution in [0.15, 0.2) is 63.5 Å². The third-order valence-electron chi connectivity index (χ3n) is 5.29. The second kappa shape index (κ2) is 9.48. The molecule has 0 bridgehead atoms. The summed E-state index contributed by atoms with van der Waals surface area (Å²) >= 11 is 7.24. The first-order valence-corrected chi connectivity index (χ1v) is 11.7. The second-order valence-electron chi connectivity index (χ2n) is 8.01. The zero-order valence-electron chi connectivity index (χ0n) is 19.0. The molecule has 0 unspecified atom stereocenters. The summed E-state index contributed by atoms with van der Waals surface area (Å²) in [6.07, 6.45) is 1.24. The molecule has 0 saturated carbocycles. The van der Waals surface area contributed by atoms with Crippen molar-refractivity contribution in [1.82, 2.24) is 4.57 Å². The van der Waals surface area contributed by atoms with Crippen molar-refractivity contribution in [3.8, 4) is 11.5 Å². The summed E-state index contributed by atoms with van der Waals surface area (Å²) in [4.78, 5) is 31.7. The Morgan fingerprint density at radius 2 is 1.94 bits per heavy atom. The monoisotopic (exact) mass is 498 g/mol. The number of carbonyl (C=O) groups excluding carboxylic acids is 1. The third kappa shape index (κ3) is 4.51. The van der Waals surface area contributed by atoms with E-state index in [1.54, 1.807) is 58.2 Å². The lowest BCUT2D eigenvalue weighted by molar-refractivity contribution is -0.143. The number of rotatable bonds is 5. The van der Waals surface area contributed by atoms with Crippen molar-refractivity contribution in [1.29, 1.82) is 0 Å². The summed E-state index contributed by atoms with van der Waals surface area (Å²) in [6, 6.07) is 11.0. The molecule has 0 aliphatic carbocycles. The fourth-order valence-electron chi connectivity index (χ4n) is 3.74. The fraction of sp³-hybridized carbons (Fsp3) is 0.240. The van der Waals surface area contributed by atoms with Crippen molar-refractivity contribution in [3.63, 3.8) is 0 Å². The molecule has 4 rings (SSSR count). The zero-order valence-corrected chi connectivity index (χ0v) is 20.6. The number of ether oxygens (including phenoxy) is 2. The summed E-state index contributed by atoms with van der Waals surface area (Å²) in [5.74, 6) is 0.123. The molecule has 0 spiro atoms. The van der Waals surface area contributed by atoms with Crippen molar-refractivity contribution in [3.05, 3.63) is 89.6 Å². The molecule has 176 valence electrons. The molecule has 0 fully saturated rings. The van der Waals surface area contributed by atoms with Gasteiger partial charge in [-0.2, -0.15) is 0 Å². The number of methoxy groups -OCH3 is 1. The zero-order chi connectivity index (χ0) is 24.6. The minimum atomic E-state index is -0.733. The van der Waals surface area contributed by atoms with Crippen molar-refractivity contribution < 1.29 is 19.4 Å². The predicted octanol–water partition coefficient (Wildman–Crippen LogP) is 3.55. The highest BCUT2D eigenvalue weighted by Gasteiger charge is 2.33. The molecule has 7 nitrogen and oxygen atoms in total. The van der Waals surface area contributed by atoms with Gasteiger partial charge in [0, 0.05) is 10.6 Å². The number of aromatic nitrogens is 1. The van der Waals surface area contributed by atoms with E-state index in [2.05, 4.69) is 4.99 Å². The van der Waals surface area contributed by atoms with Crippen LogP contribution in [-0.4, -0.2) is 28.9 Å². The smallest absolute Gasteiger partial charge is 0.338 e. The SMILES string of the molecule is COc1ccc([C@@H]2C(C(=O)OC(C)C)=C(C)N=c3sc(=Cc4cc(Cl)ccc4O)c(=O)n32)cc1. The lowest BCUT2D eigenvalue weighted by Crippen LogP contribution is -2.40. The van der Waals surface area contributed by atoms with Gasteiger partial charge in [0.15, 0.2) is 4.80 Å². The van der Waals surface area contributed by atoms with Crippen LogP contribution in [0.4, 0.5) is 0 Å². The number of carbonyl (C=O) groups is 1. The Labute approximate surface area is 204 Å². The highest BCUT2D eigenvalue weighted by atomic mass is 35.5. The van der Waals surface area contributed by atoms with Crippen LogP contribution in [0.5, 0.6) is 11.5 Å². The van der Waals surface area contributed by atoms with Crippen molar-refractivity contribution in [2.75, 3.05) is 7.11 Å². The van der Waals surface area contributed by atoms with E-state index in [4.69, 9.17) is 21.1 Å². The van der Waals surface area contributed by atoms with Gasteiger partial charge in [-0.25, -0.2) is 9.79 Å². The number of esters is 1. The van der Waals surface area contributed by atoms with Crippen molar-refractivity contribution in [2.24, 2.45) is 4.99 Å². The first-order valence-electron chi connectivity index (χ1n) is 10.6. The van der Waals surface area contributed by atoms with Crippen LogP contribution < -0.4 is 19.6 Å². The number of allylic oxidation sites excluding steroid dienone is 1. The summed E-state index contributed by atoms with van der Waals surface area (Å²) in [5.41, 5.74) is 1.55. The molecule has 0 saturated heterocycles. The summed E-state index contributed by atoms with van der Waals surface area (Å²) in [5, 5.41) is 10.6. The van der Waals surface area contributed by atoms with E-state index in [1.165, 1.54) is 22.0 Å². The number of phenols is 1. The number of benzene rings is 2. The predicted molar refractivity (Wildman–Crippen MR) is 131 cm³/mol. The maximum atomic E-state index is 13.6. The first-order chi connectivity index (χ1) is 16.2. The molecular weight excluding hydrogens is 476 g/mol. The Morgan fingerprint density at radius 1 is 1.24 bits per heavy atom. The summed E-state index contributed by atoms with van der Waals surface area (Å²) < 4.78 is 12.6. The Balaban J connectivity index is 1.95. The quantitative estimate of drug-likeness (QED) is 0.543. The van der Waals surface area contributed by atoms with E-state index in [0.29, 0.717) is 42.5 Å². The lowest BCUT2D eigenvalue weighted by atomic mass is 9.96. The Morgan fingerprint density at radius 3 is 2.59 bits per heavy atom. The number of hydrogen-bond donors (Lipinski definition) is 1. The summed E-state index contributed by atoms with van der Waals surface area (Å²) in [7, 11) is 1.57. The van der Waals surface area contributed by atoms with Crippen LogP contribution in [0.25, 0.3) is 6.08 Å². The largest absolute Gasteiger partial charge is 0.507 e. The second-order valence-corrected chi connectivity index (χ2v) is 9.46. The number of hydrogen-bond acceptors (Lipinski definition) is 7. The molecule has 1 aromatic heterocycles. The molecule has 9 heteroatoms. The average Bonchev–Trinajstić information content (AvgIpc) is 3.09. The van der Waals surface area contributed by atoms with E-state index in [1.807, 2.05) is 12.1 Å². The molecule has 2 heterocycles. The molecule has 0 radical (unpaired) electrons. The van der Waals surface area contributed by atoms with Crippen LogP contribution in [0, 0.1) is 0 Å². The van der Waals surface area contributed by atoms with E-state index < -0.39 is 12.0 Å². The number of halogens is 1. The van der Waals surface area contributed by atoms with Crippen LogP contribution in [-0.2, 0) is 9.53 Å².